The van der Waals surface area contributed by atoms with Gasteiger partial charge in [0.15, 0.2) is 5.78 Å². The third-order valence-corrected chi connectivity index (χ3v) is 3.73. The Morgan fingerprint density at radius 3 is 3.10 bits per heavy atom. The van der Waals surface area contributed by atoms with Crippen molar-refractivity contribution in [2.45, 2.75) is 19.4 Å². The second-order valence-corrected chi connectivity index (χ2v) is 5.04. The average molecular weight is 267 g/mol. The van der Waals surface area contributed by atoms with Gasteiger partial charge in [-0.15, -0.1) is 0 Å². The van der Waals surface area contributed by atoms with Crippen LogP contribution in [0, 0.1) is 0 Å². The van der Waals surface area contributed by atoms with Crippen molar-refractivity contribution in [2.24, 2.45) is 0 Å². The number of hydrogen-bond acceptors (Lipinski definition) is 4. The SMILES string of the molecule is Nc1ccncc1CC(=O)c1cccc2c1CCNC2. The number of anilines is 1. The molecule has 1 aliphatic heterocycles. The molecule has 2 heterocycles. The fraction of sp³-hybridized carbons (Fsp3) is 0.250. The van der Waals surface area contributed by atoms with Gasteiger partial charge in [-0.3, -0.25) is 9.78 Å². The number of pyridine rings is 1. The van der Waals surface area contributed by atoms with Crippen LogP contribution in [0.4, 0.5) is 5.69 Å². The number of fused-ring (bicyclic) bond motifs is 1. The Balaban J connectivity index is 1.90. The number of Topliss-reactive ketones (excluding diaryl/α,β-unsaturated/α-hetero) is 1. The first-order valence-corrected chi connectivity index (χ1v) is 6.79. The van der Waals surface area contributed by atoms with Gasteiger partial charge in [-0.2, -0.15) is 0 Å². The summed E-state index contributed by atoms with van der Waals surface area (Å²) in [4.78, 5) is 16.6. The largest absolute Gasteiger partial charge is 0.398 e. The molecule has 4 heteroatoms. The van der Waals surface area contributed by atoms with E-state index in [2.05, 4.69) is 16.4 Å². The summed E-state index contributed by atoms with van der Waals surface area (Å²) in [6.45, 7) is 1.76. The van der Waals surface area contributed by atoms with Crippen molar-refractivity contribution < 1.29 is 4.79 Å². The Labute approximate surface area is 118 Å². The highest BCUT2D eigenvalue weighted by atomic mass is 16.1. The lowest BCUT2D eigenvalue weighted by molar-refractivity contribution is 0.0992. The van der Waals surface area contributed by atoms with Crippen LogP contribution >= 0.6 is 0 Å². The molecule has 1 aromatic heterocycles. The molecule has 0 fully saturated rings. The van der Waals surface area contributed by atoms with Gasteiger partial charge >= 0.3 is 0 Å². The zero-order chi connectivity index (χ0) is 13.9. The summed E-state index contributed by atoms with van der Waals surface area (Å²) in [7, 11) is 0. The van der Waals surface area contributed by atoms with Gasteiger partial charge in [-0.25, -0.2) is 0 Å². The van der Waals surface area contributed by atoms with E-state index in [0.29, 0.717) is 12.1 Å². The van der Waals surface area contributed by atoms with E-state index in [9.17, 15) is 4.79 Å². The molecule has 102 valence electrons. The Morgan fingerprint density at radius 1 is 1.35 bits per heavy atom. The summed E-state index contributed by atoms with van der Waals surface area (Å²) in [5.41, 5.74) is 10.5. The minimum Gasteiger partial charge on any atom is -0.398 e. The van der Waals surface area contributed by atoms with Gasteiger partial charge < -0.3 is 11.1 Å². The Bertz CT molecular complexity index is 652. The molecule has 0 spiro atoms. The number of ketones is 1. The average Bonchev–Trinajstić information content (AvgIpc) is 2.49. The standard InChI is InChI=1S/C16H17N3O/c17-15-5-7-19-10-12(15)8-16(20)14-3-1-2-11-9-18-6-4-13(11)14/h1-3,5,7,10,18H,4,6,8-9H2,(H2,17,19). The number of rotatable bonds is 3. The zero-order valence-electron chi connectivity index (χ0n) is 11.2. The van der Waals surface area contributed by atoms with Gasteiger partial charge in [0.2, 0.25) is 0 Å². The molecule has 3 N–H and O–H groups in total. The Hall–Kier alpha value is -2.20. The van der Waals surface area contributed by atoms with Crippen molar-refractivity contribution in [2.75, 3.05) is 12.3 Å². The van der Waals surface area contributed by atoms with Gasteiger partial charge in [0.25, 0.3) is 0 Å². The number of nitrogens with one attached hydrogen (secondary N) is 1. The molecular weight excluding hydrogens is 250 g/mol. The van der Waals surface area contributed by atoms with Crippen molar-refractivity contribution in [3.05, 3.63) is 58.9 Å². The molecule has 0 bridgehead atoms. The lowest BCUT2D eigenvalue weighted by Crippen LogP contribution is -2.25. The monoisotopic (exact) mass is 267 g/mol. The molecule has 0 atom stereocenters. The van der Waals surface area contributed by atoms with Gasteiger partial charge in [0.1, 0.15) is 0 Å². The number of nitrogens with two attached hydrogens (primary N) is 1. The Morgan fingerprint density at radius 2 is 2.25 bits per heavy atom. The normalized spacial score (nSPS) is 13.8. The predicted octanol–water partition coefficient (Wildman–Crippen LogP) is 1.73. The molecule has 20 heavy (non-hydrogen) atoms. The minimum absolute atomic E-state index is 0.114. The predicted molar refractivity (Wildman–Crippen MR) is 78.5 cm³/mol. The van der Waals surface area contributed by atoms with E-state index in [1.54, 1.807) is 18.5 Å². The van der Waals surface area contributed by atoms with Crippen LogP contribution in [-0.4, -0.2) is 17.3 Å². The smallest absolute Gasteiger partial charge is 0.167 e. The summed E-state index contributed by atoms with van der Waals surface area (Å²) >= 11 is 0. The minimum atomic E-state index is 0.114. The first-order valence-electron chi connectivity index (χ1n) is 6.79. The van der Waals surface area contributed by atoms with Gasteiger partial charge in [0.05, 0.1) is 0 Å². The maximum Gasteiger partial charge on any atom is 0.167 e. The fourth-order valence-corrected chi connectivity index (χ4v) is 2.65. The molecule has 1 aliphatic rings. The van der Waals surface area contributed by atoms with Crippen LogP contribution < -0.4 is 11.1 Å². The van der Waals surface area contributed by atoms with Gasteiger partial charge in [-0.1, -0.05) is 18.2 Å². The van der Waals surface area contributed by atoms with E-state index in [4.69, 9.17) is 5.73 Å². The molecule has 4 nitrogen and oxygen atoms in total. The van der Waals surface area contributed by atoms with Crippen LogP contribution in [0.15, 0.2) is 36.7 Å². The van der Waals surface area contributed by atoms with Crippen molar-refractivity contribution >= 4 is 11.5 Å². The molecule has 2 aromatic rings. The summed E-state index contributed by atoms with van der Waals surface area (Å²) in [6, 6.07) is 7.68. The van der Waals surface area contributed by atoms with Crippen LogP contribution in [0.25, 0.3) is 0 Å². The van der Waals surface area contributed by atoms with Gasteiger partial charge in [-0.05, 0) is 30.2 Å². The first-order chi connectivity index (χ1) is 9.75. The summed E-state index contributed by atoms with van der Waals surface area (Å²) in [5, 5.41) is 3.32. The van der Waals surface area contributed by atoms with E-state index in [0.717, 1.165) is 30.6 Å². The molecule has 0 amide bonds. The molecular formula is C16H17N3O. The third kappa shape index (κ3) is 2.42. The zero-order valence-corrected chi connectivity index (χ0v) is 11.2. The number of carbonyl (C=O) groups is 1. The van der Waals surface area contributed by atoms with E-state index in [-0.39, 0.29) is 5.78 Å². The number of aromatic nitrogens is 1. The second-order valence-electron chi connectivity index (χ2n) is 5.04. The van der Waals surface area contributed by atoms with Crippen LogP contribution in [0.2, 0.25) is 0 Å². The van der Waals surface area contributed by atoms with E-state index < -0.39 is 0 Å². The molecule has 0 unspecified atom stereocenters. The molecule has 3 rings (SSSR count). The van der Waals surface area contributed by atoms with Crippen molar-refractivity contribution in [1.82, 2.24) is 10.3 Å². The molecule has 0 aliphatic carbocycles. The van der Waals surface area contributed by atoms with Crippen LogP contribution in [-0.2, 0) is 19.4 Å². The highest BCUT2D eigenvalue weighted by Crippen LogP contribution is 2.21. The number of nitrogen functional groups attached to an aromatic ring is 1. The van der Waals surface area contributed by atoms with Crippen LogP contribution in [0.1, 0.15) is 27.0 Å². The lowest BCUT2D eigenvalue weighted by atomic mass is 9.91. The number of hydrogen-bond donors (Lipinski definition) is 2. The summed E-state index contributed by atoms with van der Waals surface area (Å²) in [6.07, 6.45) is 4.52. The van der Waals surface area contributed by atoms with Crippen LogP contribution in [0.3, 0.4) is 0 Å². The summed E-state index contributed by atoms with van der Waals surface area (Å²) in [5.74, 6) is 0.114. The first kappa shape index (κ1) is 12.8. The topological polar surface area (TPSA) is 68.0 Å². The molecule has 1 aromatic carbocycles. The van der Waals surface area contributed by atoms with E-state index in [1.807, 2.05) is 12.1 Å². The van der Waals surface area contributed by atoms with Crippen molar-refractivity contribution in [1.29, 1.82) is 0 Å². The quantitative estimate of drug-likeness (QED) is 0.831. The number of nitrogens with zero attached hydrogens (tertiary/aromatic N) is 1. The highest BCUT2D eigenvalue weighted by molar-refractivity contribution is 5.99. The third-order valence-electron chi connectivity index (χ3n) is 3.73. The number of benzene rings is 1. The maximum absolute atomic E-state index is 12.5. The lowest BCUT2D eigenvalue weighted by Gasteiger charge is -2.19. The summed E-state index contributed by atoms with van der Waals surface area (Å²) < 4.78 is 0. The van der Waals surface area contributed by atoms with Crippen molar-refractivity contribution in [3.8, 4) is 0 Å². The second kappa shape index (κ2) is 5.43. The fourth-order valence-electron chi connectivity index (χ4n) is 2.65. The molecule has 0 saturated carbocycles. The van der Waals surface area contributed by atoms with E-state index >= 15 is 0 Å². The number of carbonyl (C=O) groups excluding carboxylic acids is 1. The Kier molecular flexibility index (Phi) is 3.48. The maximum atomic E-state index is 12.5. The molecule has 0 radical (unpaired) electrons. The van der Waals surface area contributed by atoms with Crippen LogP contribution in [0.5, 0.6) is 0 Å². The molecule has 0 saturated heterocycles. The van der Waals surface area contributed by atoms with Gasteiger partial charge in [0, 0.05) is 42.2 Å². The highest BCUT2D eigenvalue weighted by Gasteiger charge is 2.18. The van der Waals surface area contributed by atoms with E-state index in [1.165, 1.54) is 11.1 Å². The van der Waals surface area contributed by atoms with Crippen molar-refractivity contribution in [3.63, 3.8) is 0 Å².